The van der Waals surface area contributed by atoms with E-state index in [-0.39, 0.29) is 5.75 Å². The van der Waals surface area contributed by atoms with Gasteiger partial charge in [-0.1, -0.05) is 30.3 Å². The number of benzene rings is 2. The predicted octanol–water partition coefficient (Wildman–Crippen LogP) is 2.11. The van der Waals surface area contributed by atoms with Crippen LogP contribution in [0.1, 0.15) is 11.7 Å². The highest BCUT2D eigenvalue weighted by Crippen LogP contribution is 2.19. The van der Waals surface area contributed by atoms with Crippen LogP contribution in [-0.2, 0) is 14.5 Å². The van der Waals surface area contributed by atoms with E-state index in [1.807, 2.05) is 6.07 Å². The molecule has 2 atom stereocenters. The number of hydrogen-bond donors (Lipinski definition) is 2. The summed E-state index contributed by atoms with van der Waals surface area (Å²) in [4.78, 5) is 11.1. The molecule has 2 aromatic carbocycles. The van der Waals surface area contributed by atoms with Crippen LogP contribution < -0.4 is 9.46 Å². The molecule has 0 heterocycles. The molecule has 0 bridgehead atoms. The van der Waals surface area contributed by atoms with Crippen molar-refractivity contribution in [2.75, 3.05) is 17.6 Å². The van der Waals surface area contributed by atoms with E-state index in [0.29, 0.717) is 17.0 Å². The van der Waals surface area contributed by atoms with E-state index in [2.05, 4.69) is 4.72 Å². The molecule has 116 valence electrons. The highest BCUT2D eigenvalue weighted by atomic mass is 32.2. The lowest BCUT2D eigenvalue weighted by atomic mass is 10.1. The predicted molar refractivity (Wildman–Crippen MR) is 86.7 cm³/mol. The van der Waals surface area contributed by atoms with Crippen LogP contribution in [0.3, 0.4) is 0 Å². The number of carbonyl (C=O) groups excluding carboxylic acids is 1. The molecular weight excluding hydrogens is 302 g/mol. The lowest BCUT2D eigenvalue weighted by Crippen LogP contribution is -2.22. The number of hydrogen-bond acceptors (Lipinski definition) is 4. The van der Waals surface area contributed by atoms with Gasteiger partial charge in [-0.2, -0.15) is 0 Å². The van der Waals surface area contributed by atoms with Crippen LogP contribution in [0.2, 0.25) is 0 Å². The van der Waals surface area contributed by atoms with E-state index in [1.165, 1.54) is 5.23 Å². The van der Waals surface area contributed by atoms with Crippen LogP contribution in [0.15, 0.2) is 54.6 Å². The molecule has 2 N–H and O–H groups in total. The number of aliphatic hydroxyl groups is 1. The normalized spacial score (nSPS) is 14.5. The fourth-order valence-corrected chi connectivity index (χ4v) is 3.29. The van der Waals surface area contributed by atoms with Gasteiger partial charge >= 0.3 is 0 Å². The molecule has 0 amide bonds. The summed E-state index contributed by atoms with van der Waals surface area (Å²) in [5.74, 6) is 0.406. The molecule has 6 heteroatoms. The molecule has 0 saturated heterocycles. The molecule has 0 aliphatic carbocycles. The first kappa shape index (κ1) is 16.1. The molecule has 0 aromatic heterocycles. The SMILES string of the molecule is COc1ccc(NS(=O)(=C=O)C[C@@H](O)c2ccccc2)cc1. The Balaban J connectivity index is 2.15. The Hall–Kier alpha value is -2.27. The minimum Gasteiger partial charge on any atom is -0.497 e. The van der Waals surface area contributed by atoms with Gasteiger partial charge in [-0.3, -0.25) is 0 Å². The highest BCUT2D eigenvalue weighted by Gasteiger charge is 2.17. The van der Waals surface area contributed by atoms with Crippen molar-refractivity contribution in [3.8, 4) is 5.75 Å². The maximum atomic E-state index is 12.5. The molecular formula is C16H17NO4S. The van der Waals surface area contributed by atoms with Crippen molar-refractivity contribution in [1.82, 2.24) is 0 Å². The number of nitrogens with one attached hydrogen (secondary N) is 1. The quantitative estimate of drug-likeness (QED) is 0.800. The van der Waals surface area contributed by atoms with Gasteiger partial charge in [0.25, 0.3) is 0 Å². The summed E-state index contributed by atoms with van der Waals surface area (Å²) in [6.07, 6.45) is -1.01. The minimum atomic E-state index is -3.19. The van der Waals surface area contributed by atoms with Gasteiger partial charge in [0.1, 0.15) is 15.5 Å². The second-order valence-corrected chi connectivity index (χ2v) is 6.74. The zero-order valence-corrected chi connectivity index (χ0v) is 12.9. The molecule has 0 radical (unpaired) electrons. The molecule has 5 nitrogen and oxygen atoms in total. The van der Waals surface area contributed by atoms with Gasteiger partial charge < -0.3 is 14.6 Å². The second kappa shape index (κ2) is 7.13. The first-order chi connectivity index (χ1) is 10.6. The van der Waals surface area contributed by atoms with Crippen LogP contribution in [-0.4, -0.2) is 27.4 Å². The van der Waals surface area contributed by atoms with E-state index in [9.17, 15) is 14.1 Å². The van der Waals surface area contributed by atoms with E-state index >= 15 is 0 Å². The van der Waals surface area contributed by atoms with E-state index < -0.39 is 15.8 Å². The number of rotatable bonds is 6. The zero-order chi connectivity index (χ0) is 16.0. The average Bonchev–Trinajstić information content (AvgIpc) is 2.56. The topological polar surface area (TPSA) is 75.6 Å². The first-order valence-electron chi connectivity index (χ1n) is 6.62. The summed E-state index contributed by atoms with van der Waals surface area (Å²) < 4.78 is 20.2. The van der Waals surface area contributed by atoms with Crippen molar-refractivity contribution in [3.63, 3.8) is 0 Å². The molecule has 2 aromatic rings. The van der Waals surface area contributed by atoms with Crippen molar-refractivity contribution >= 4 is 20.6 Å². The standard InChI is InChI=1S/C16H17NO4S/c1-21-15-9-7-14(8-10-15)17-22(20,12-18)11-16(19)13-5-3-2-4-6-13/h2-10,16,19H,11H2,1H3,(H,17,20)/t16-,22?/m1/s1. The largest absolute Gasteiger partial charge is 0.497 e. The third-order valence-electron chi connectivity index (χ3n) is 3.08. The Bertz CT molecular complexity index is 745. The fourth-order valence-electron chi connectivity index (χ4n) is 1.94. The van der Waals surface area contributed by atoms with Gasteiger partial charge in [-0.15, -0.1) is 0 Å². The zero-order valence-electron chi connectivity index (χ0n) is 12.1. The van der Waals surface area contributed by atoms with Gasteiger partial charge in [0.2, 0.25) is 5.23 Å². The average molecular weight is 319 g/mol. The first-order valence-corrected chi connectivity index (χ1v) is 8.34. The Morgan fingerprint density at radius 2 is 1.82 bits per heavy atom. The van der Waals surface area contributed by atoms with Gasteiger partial charge in [0.15, 0.2) is 0 Å². The van der Waals surface area contributed by atoms with Gasteiger partial charge in [0.05, 0.1) is 19.0 Å². The number of anilines is 1. The number of methoxy groups -OCH3 is 1. The minimum absolute atomic E-state index is 0.244. The van der Waals surface area contributed by atoms with E-state index in [0.717, 1.165) is 0 Å². The van der Waals surface area contributed by atoms with Crippen LogP contribution in [0.5, 0.6) is 5.75 Å². The summed E-state index contributed by atoms with van der Waals surface area (Å²) >= 11 is 0. The van der Waals surface area contributed by atoms with Gasteiger partial charge in [-0.05, 0) is 29.8 Å². The van der Waals surface area contributed by atoms with E-state index in [4.69, 9.17) is 4.74 Å². The number of ether oxygens (including phenoxy) is 1. The third kappa shape index (κ3) is 4.11. The highest BCUT2D eigenvalue weighted by molar-refractivity contribution is 8.01. The molecule has 0 aliphatic heterocycles. The van der Waals surface area contributed by atoms with Crippen molar-refractivity contribution in [2.45, 2.75) is 6.10 Å². The molecule has 0 saturated carbocycles. The van der Waals surface area contributed by atoms with Crippen LogP contribution in [0.4, 0.5) is 5.69 Å². The molecule has 22 heavy (non-hydrogen) atoms. The van der Waals surface area contributed by atoms with Crippen molar-refractivity contribution < 1.29 is 18.8 Å². The lowest BCUT2D eigenvalue weighted by Gasteiger charge is -2.15. The molecule has 0 aliphatic rings. The Morgan fingerprint density at radius 3 is 2.36 bits per heavy atom. The van der Waals surface area contributed by atoms with Crippen molar-refractivity contribution in [2.24, 2.45) is 0 Å². The second-order valence-electron chi connectivity index (χ2n) is 4.68. The maximum Gasteiger partial charge on any atom is 0.206 e. The summed E-state index contributed by atoms with van der Waals surface area (Å²) in [5, 5.41) is 11.7. The summed E-state index contributed by atoms with van der Waals surface area (Å²) in [6, 6.07) is 15.4. The molecule has 1 unspecified atom stereocenters. The molecule has 2 rings (SSSR count). The smallest absolute Gasteiger partial charge is 0.206 e. The van der Waals surface area contributed by atoms with Crippen LogP contribution in [0.25, 0.3) is 0 Å². The van der Waals surface area contributed by atoms with E-state index in [1.54, 1.807) is 55.6 Å². The molecule has 0 spiro atoms. The van der Waals surface area contributed by atoms with Crippen LogP contribution >= 0.6 is 0 Å². The van der Waals surface area contributed by atoms with Gasteiger partial charge in [-0.25, -0.2) is 9.00 Å². The van der Waals surface area contributed by atoms with Gasteiger partial charge in [0, 0.05) is 5.69 Å². The summed E-state index contributed by atoms with van der Waals surface area (Å²) in [6.45, 7) is 0. The molecule has 0 fully saturated rings. The van der Waals surface area contributed by atoms with Crippen LogP contribution in [0, 0.1) is 0 Å². The summed E-state index contributed by atoms with van der Waals surface area (Å²) in [5.41, 5.74) is 1.09. The van der Waals surface area contributed by atoms with Crippen molar-refractivity contribution in [3.05, 3.63) is 60.2 Å². The Kier molecular flexibility index (Phi) is 5.22. The maximum absolute atomic E-state index is 12.5. The monoisotopic (exact) mass is 319 g/mol. The summed E-state index contributed by atoms with van der Waals surface area (Å²) in [7, 11) is -1.65. The fraction of sp³-hybridized carbons (Fsp3) is 0.188. The third-order valence-corrected chi connectivity index (χ3v) is 4.70. The lowest BCUT2D eigenvalue weighted by molar-refractivity contribution is 0.203. The Morgan fingerprint density at radius 1 is 1.18 bits per heavy atom. The van der Waals surface area contributed by atoms with Crippen molar-refractivity contribution in [1.29, 1.82) is 0 Å². The Labute approximate surface area is 129 Å². The number of aliphatic hydroxyl groups excluding tert-OH is 1.